The number of aliphatic hydroxyl groups is 1. The lowest BCUT2D eigenvalue weighted by Crippen LogP contribution is -2.23. The molecule has 0 aromatic carbocycles. The van der Waals surface area contributed by atoms with Gasteiger partial charge in [0, 0.05) is 19.0 Å². The summed E-state index contributed by atoms with van der Waals surface area (Å²) < 4.78 is 0. The molecule has 0 saturated heterocycles. The number of unbranched alkanes of at least 4 members (excludes halogenated alkanes) is 1. The third-order valence-electron chi connectivity index (χ3n) is 3.26. The Hall–Kier alpha value is -0.610. The Morgan fingerprint density at radius 2 is 2.18 bits per heavy atom. The molecule has 1 aromatic rings. The van der Waals surface area contributed by atoms with Crippen molar-refractivity contribution in [2.45, 2.75) is 52.1 Å². The number of anilines is 1. The van der Waals surface area contributed by atoms with Crippen LogP contribution < -0.4 is 4.90 Å². The largest absolute Gasteiger partial charge is 0.391 e. The highest BCUT2D eigenvalue weighted by atomic mass is 32.1. The van der Waals surface area contributed by atoms with Crippen LogP contribution >= 0.6 is 11.3 Å². The number of aromatic nitrogens is 1. The zero-order chi connectivity index (χ0) is 12.3. The maximum absolute atomic E-state index is 9.39. The third kappa shape index (κ3) is 2.99. The molecule has 1 fully saturated rings. The molecule has 1 heterocycles. The monoisotopic (exact) mass is 254 g/mol. The van der Waals surface area contributed by atoms with Gasteiger partial charge in [0.05, 0.1) is 17.2 Å². The van der Waals surface area contributed by atoms with Crippen molar-refractivity contribution < 1.29 is 5.11 Å². The van der Waals surface area contributed by atoms with Gasteiger partial charge in [-0.25, -0.2) is 4.98 Å². The smallest absolute Gasteiger partial charge is 0.185 e. The van der Waals surface area contributed by atoms with Crippen LogP contribution in [0.3, 0.4) is 0 Å². The molecule has 1 aliphatic rings. The lowest BCUT2D eigenvalue weighted by molar-refractivity contribution is 0.284. The molecule has 1 saturated carbocycles. The summed E-state index contributed by atoms with van der Waals surface area (Å²) >= 11 is 1.68. The van der Waals surface area contributed by atoms with Crippen LogP contribution in [0.2, 0.25) is 0 Å². The minimum atomic E-state index is 0.148. The molecule has 1 aromatic heterocycles. The van der Waals surface area contributed by atoms with E-state index < -0.39 is 0 Å². The molecule has 1 aliphatic carbocycles. The molecule has 96 valence electrons. The van der Waals surface area contributed by atoms with Gasteiger partial charge in [-0.1, -0.05) is 24.7 Å². The zero-order valence-corrected chi connectivity index (χ0v) is 11.6. The highest BCUT2D eigenvalue weighted by Gasteiger charge is 2.30. The van der Waals surface area contributed by atoms with E-state index in [1.807, 2.05) is 0 Å². The molecule has 0 aliphatic heterocycles. The maximum atomic E-state index is 9.39. The predicted octanol–water partition coefficient (Wildman–Crippen LogP) is 3.14. The molecule has 0 bridgehead atoms. The molecule has 0 unspecified atom stereocenters. The molecular weight excluding hydrogens is 232 g/mol. The van der Waals surface area contributed by atoms with Gasteiger partial charge in [0.25, 0.3) is 0 Å². The van der Waals surface area contributed by atoms with Crippen LogP contribution in [0.1, 0.15) is 56.0 Å². The van der Waals surface area contributed by atoms with E-state index >= 15 is 0 Å². The Bertz CT molecular complexity index is 360. The van der Waals surface area contributed by atoms with Crippen LogP contribution in [0.4, 0.5) is 5.13 Å². The molecule has 4 heteroatoms. The van der Waals surface area contributed by atoms with Crippen LogP contribution in [-0.2, 0) is 6.61 Å². The standard InChI is InChI=1S/C13H22N2OS/c1-3-5-8-15(4-2)13-14-12(10-6-7-10)11(9-16)17-13/h10,16H,3-9H2,1-2H3. The van der Waals surface area contributed by atoms with E-state index in [1.165, 1.54) is 31.4 Å². The minimum Gasteiger partial charge on any atom is -0.391 e. The second-order valence-electron chi connectivity index (χ2n) is 4.67. The van der Waals surface area contributed by atoms with Crippen LogP contribution in [0.15, 0.2) is 0 Å². The average molecular weight is 254 g/mol. The molecule has 0 amide bonds. The zero-order valence-electron chi connectivity index (χ0n) is 10.8. The van der Waals surface area contributed by atoms with Crippen molar-refractivity contribution >= 4 is 16.5 Å². The van der Waals surface area contributed by atoms with Crippen molar-refractivity contribution in [2.24, 2.45) is 0 Å². The Balaban J connectivity index is 2.12. The maximum Gasteiger partial charge on any atom is 0.185 e. The van der Waals surface area contributed by atoms with Crippen molar-refractivity contribution in [1.82, 2.24) is 4.98 Å². The van der Waals surface area contributed by atoms with E-state index in [2.05, 4.69) is 18.7 Å². The third-order valence-corrected chi connectivity index (χ3v) is 4.37. The molecule has 0 atom stereocenters. The first-order valence-electron chi connectivity index (χ1n) is 6.65. The second kappa shape index (κ2) is 5.83. The van der Waals surface area contributed by atoms with E-state index in [9.17, 15) is 5.11 Å². The molecule has 1 N–H and O–H groups in total. The first-order chi connectivity index (χ1) is 8.30. The van der Waals surface area contributed by atoms with E-state index in [0.717, 1.165) is 23.1 Å². The summed E-state index contributed by atoms with van der Waals surface area (Å²) in [6.07, 6.45) is 4.92. The van der Waals surface area contributed by atoms with Crippen molar-refractivity contribution in [1.29, 1.82) is 0 Å². The van der Waals surface area contributed by atoms with Crippen LogP contribution in [0.25, 0.3) is 0 Å². The van der Waals surface area contributed by atoms with Gasteiger partial charge in [0.2, 0.25) is 0 Å². The summed E-state index contributed by atoms with van der Waals surface area (Å²) in [5.74, 6) is 0.632. The molecule has 3 nitrogen and oxygen atoms in total. The molecule has 17 heavy (non-hydrogen) atoms. The minimum absolute atomic E-state index is 0.148. The summed E-state index contributed by atoms with van der Waals surface area (Å²) in [6.45, 7) is 6.61. The van der Waals surface area contributed by atoms with Crippen molar-refractivity contribution in [3.8, 4) is 0 Å². The second-order valence-corrected chi connectivity index (χ2v) is 5.73. The summed E-state index contributed by atoms with van der Waals surface area (Å²) in [5, 5.41) is 10.5. The summed E-state index contributed by atoms with van der Waals surface area (Å²) in [7, 11) is 0. The number of hydrogen-bond acceptors (Lipinski definition) is 4. The average Bonchev–Trinajstić information content (AvgIpc) is 3.11. The van der Waals surface area contributed by atoms with Gasteiger partial charge in [0.15, 0.2) is 5.13 Å². The predicted molar refractivity (Wildman–Crippen MR) is 72.8 cm³/mol. The van der Waals surface area contributed by atoms with Crippen molar-refractivity contribution in [2.75, 3.05) is 18.0 Å². The molecule has 0 radical (unpaired) electrons. The number of nitrogens with zero attached hydrogens (tertiary/aromatic N) is 2. The van der Waals surface area contributed by atoms with Crippen molar-refractivity contribution in [3.05, 3.63) is 10.6 Å². The molecule has 0 spiro atoms. The normalized spacial score (nSPS) is 15.2. The fraction of sp³-hybridized carbons (Fsp3) is 0.769. The van der Waals surface area contributed by atoms with Gasteiger partial charge in [-0.15, -0.1) is 0 Å². The van der Waals surface area contributed by atoms with Gasteiger partial charge in [-0.2, -0.15) is 0 Å². The number of hydrogen-bond donors (Lipinski definition) is 1. The number of rotatable bonds is 7. The van der Waals surface area contributed by atoms with Crippen LogP contribution in [-0.4, -0.2) is 23.2 Å². The topological polar surface area (TPSA) is 36.4 Å². The number of thiazole rings is 1. The SMILES string of the molecule is CCCCN(CC)c1nc(C2CC2)c(CO)s1. The summed E-state index contributed by atoms with van der Waals surface area (Å²) in [6, 6.07) is 0. The first-order valence-corrected chi connectivity index (χ1v) is 7.47. The Morgan fingerprint density at radius 1 is 1.41 bits per heavy atom. The van der Waals surface area contributed by atoms with E-state index in [1.54, 1.807) is 11.3 Å². The molecular formula is C13H22N2OS. The first kappa shape index (κ1) is 12.8. The van der Waals surface area contributed by atoms with Crippen LogP contribution in [0.5, 0.6) is 0 Å². The van der Waals surface area contributed by atoms with Crippen molar-refractivity contribution in [3.63, 3.8) is 0 Å². The Morgan fingerprint density at radius 3 is 2.71 bits per heavy atom. The summed E-state index contributed by atoms with van der Waals surface area (Å²) in [4.78, 5) is 8.17. The van der Waals surface area contributed by atoms with Crippen LogP contribution in [0, 0.1) is 0 Å². The Kier molecular flexibility index (Phi) is 4.40. The summed E-state index contributed by atoms with van der Waals surface area (Å²) in [5.41, 5.74) is 1.17. The number of aliphatic hydroxyl groups excluding tert-OH is 1. The van der Waals surface area contributed by atoms with Gasteiger partial charge in [-0.05, 0) is 26.2 Å². The molecule has 2 rings (SSSR count). The van der Waals surface area contributed by atoms with E-state index in [-0.39, 0.29) is 6.61 Å². The van der Waals surface area contributed by atoms with Gasteiger partial charge in [-0.3, -0.25) is 0 Å². The van der Waals surface area contributed by atoms with Gasteiger partial charge < -0.3 is 10.0 Å². The fourth-order valence-electron chi connectivity index (χ4n) is 2.01. The highest BCUT2D eigenvalue weighted by molar-refractivity contribution is 7.15. The fourth-order valence-corrected chi connectivity index (χ4v) is 3.11. The van der Waals surface area contributed by atoms with E-state index in [0.29, 0.717) is 5.92 Å². The van der Waals surface area contributed by atoms with E-state index in [4.69, 9.17) is 4.98 Å². The van der Waals surface area contributed by atoms with Gasteiger partial charge >= 0.3 is 0 Å². The van der Waals surface area contributed by atoms with Gasteiger partial charge in [0.1, 0.15) is 0 Å². The Labute approximate surface area is 107 Å². The lowest BCUT2D eigenvalue weighted by Gasteiger charge is -2.19. The quantitative estimate of drug-likeness (QED) is 0.812. The highest BCUT2D eigenvalue weighted by Crippen LogP contribution is 2.44. The lowest BCUT2D eigenvalue weighted by atomic mass is 10.2.